The lowest BCUT2D eigenvalue weighted by Crippen LogP contribution is -2.27. The number of aliphatic hydroxyl groups excluding tert-OH is 1. The molecule has 0 aliphatic carbocycles. The summed E-state index contributed by atoms with van der Waals surface area (Å²) in [6.45, 7) is 5.54. The van der Waals surface area contributed by atoms with Crippen molar-refractivity contribution in [1.29, 1.82) is 0 Å². The molecule has 0 aromatic heterocycles. The smallest absolute Gasteiger partial charge is 0.220 e. The summed E-state index contributed by atoms with van der Waals surface area (Å²) in [5, 5.41) is 11.2. The molecule has 4 nitrogen and oxygen atoms in total. The molecular formula is C10H21NO3. The molecule has 0 unspecified atom stereocenters. The number of amides is 1. The molecule has 0 aromatic carbocycles. The van der Waals surface area contributed by atoms with E-state index in [1.54, 1.807) is 0 Å². The van der Waals surface area contributed by atoms with E-state index < -0.39 is 0 Å². The van der Waals surface area contributed by atoms with Crippen molar-refractivity contribution in [3.63, 3.8) is 0 Å². The van der Waals surface area contributed by atoms with Crippen molar-refractivity contribution in [2.45, 2.75) is 26.7 Å². The fourth-order valence-corrected chi connectivity index (χ4v) is 0.937. The van der Waals surface area contributed by atoms with Crippen LogP contribution in [0.25, 0.3) is 0 Å². The van der Waals surface area contributed by atoms with Crippen molar-refractivity contribution in [2.75, 3.05) is 26.4 Å². The second kappa shape index (κ2) is 8.97. The van der Waals surface area contributed by atoms with E-state index in [0.29, 0.717) is 32.1 Å². The maximum atomic E-state index is 11.2. The molecule has 2 N–H and O–H groups in total. The first-order chi connectivity index (χ1) is 6.66. The van der Waals surface area contributed by atoms with Gasteiger partial charge in [-0.3, -0.25) is 4.79 Å². The molecule has 0 aromatic rings. The molecule has 1 amide bonds. The van der Waals surface area contributed by atoms with Crippen molar-refractivity contribution in [2.24, 2.45) is 5.92 Å². The van der Waals surface area contributed by atoms with Crippen LogP contribution in [0.15, 0.2) is 0 Å². The minimum absolute atomic E-state index is 0.0291. The molecule has 0 spiro atoms. The maximum Gasteiger partial charge on any atom is 0.220 e. The van der Waals surface area contributed by atoms with Gasteiger partial charge in [0.15, 0.2) is 0 Å². The zero-order valence-corrected chi connectivity index (χ0v) is 9.08. The molecule has 0 saturated heterocycles. The molecule has 0 atom stereocenters. The number of ether oxygens (including phenoxy) is 1. The van der Waals surface area contributed by atoms with Gasteiger partial charge in [-0.05, 0) is 12.3 Å². The lowest BCUT2D eigenvalue weighted by molar-refractivity contribution is -0.121. The summed E-state index contributed by atoms with van der Waals surface area (Å²) < 4.78 is 4.99. The summed E-state index contributed by atoms with van der Waals surface area (Å²) in [6, 6.07) is 0. The zero-order chi connectivity index (χ0) is 10.8. The zero-order valence-electron chi connectivity index (χ0n) is 9.08. The van der Waals surface area contributed by atoms with Crippen LogP contribution in [0.1, 0.15) is 26.7 Å². The molecule has 0 rings (SSSR count). The van der Waals surface area contributed by atoms with Crippen molar-refractivity contribution >= 4 is 5.91 Å². The van der Waals surface area contributed by atoms with Gasteiger partial charge in [-0.1, -0.05) is 13.8 Å². The Hall–Kier alpha value is -0.610. The van der Waals surface area contributed by atoms with Crippen LogP contribution in [0.3, 0.4) is 0 Å². The molecule has 0 saturated carbocycles. The minimum Gasteiger partial charge on any atom is -0.394 e. The normalized spacial score (nSPS) is 10.6. The average Bonchev–Trinajstić information content (AvgIpc) is 2.14. The molecular weight excluding hydrogens is 182 g/mol. The molecule has 14 heavy (non-hydrogen) atoms. The van der Waals surface area contributed by atoms with E-state index in [1.807, 2.05) is 0 Å². The van der Waals surface area contributed by atoms with E-state index >= 15 is 0 Å². The van der Waals surface area contributed by atoms with Gasteiger partial charge in [-0.25, -0.2) is 0 Å². The van der Waals surface area contributed by atoms with E-state index in [-0.39, 0.29) is 12.5 Å². The monoisotopic (exact) mass is 203 g/mol. The number of carbonyl (C=O) groups is 1. The summed E-state index contributed by atoms with van der Waals surface area (Å²) in [5.41, 5.74) is 0. The summed E-state index contributed by atoms with van der Waals surface area (Å²) in [4.78, 5) is 11.2. The average molecular weight is 203 g/mol. The van der Waals surface area contributed by atoms with Crippen LogP contribution >= 0.6 is 0 Å². The lowest BCUT2D eigenvalue weighted by Gasteiger charge is -2.06. The quantitative estimate of drug-likeness (QED) is 0.566. The van der Waals surface area contributed by atoms with E-state index in [0.717, 1.165) is 6.42 Å². The molecule has 0 fully saturated rings. The molecule has 84 valence electrons. The molecule has 0 radical (unpaired) electrons. The number of aliphatic hydroxyl groups is 1. The first kappa shape index (κ1) is 13.4. The Bertz CT molecular complexity index is 148. The third-order valence-electron chi connectivity index (χ3n) is 1.75. The Morgan fingerprint density at radius 3 is 2.71 bits per heavy atom. The van der Waals surface area contributed by atoms with Gasteiger partial charge in [0.25, 0.3) is 0 Å². The number of nitrogens with one attached hydrogen (secondary N) is 1. The summed E-state index contributed by atoms with van der Waals surface area (Å²) in [6.07, 6.45) is 1.50. The predicted octanol–water partition coefficient (Wildman–Crippen LogP) is 0.548. The van der Waals surface area contributed by atoms with Gasteiger partial charge in [0.1, 0.15) is 0 Å². The van der Waals surface area contributed by atoms with Crippen molar-refractivity contribution < 1.29 is 14.6 Å². The largest absolute Gasteiger partial charge is 0.394 e. The standard InChI is InChI=1S/C10H21NO3/c1-9(2)3-4-10(13)11-5-7-14-8-6-12/h9,12H,3-8H2,1-2H3,(H,11,13). The number of hydrogen-bond acceptors (Lipinski definition) is 3. The molecule has 0 aliphatic rings. The fourth-order valence-electron chi connectivity index (χ4n) is 0.937. The Morgan fingerprint density at radius 2 is 2.14 bits per heavy atom. The SMILES string of the molecule is CC(C)CCC(=O)NCCOCCO. The second-order valence-corrected chi connectivity index (χ2v) is 3.62. The van der Waals surface area contributed by atoms with E-state index in [2.05, 4.69) is 19.2 Å². The number of rotatable bonds is 8. The van der Waals surface area contributed by atoms with E-state index in [4.69, 9.17) is 9.84 Å². The Kier molecular flexibility index (Phi) is 8.57. The molecule has 0 aliphatic heterocycles. The van der Waals surface area contributed by atoms with E-state index in [9.17, 15) is 4.79 Å². The van der Waals surface area contributed by atoms with E-state index in [1.165, 1.54) is 0 Å². The first-order valence-corrected chi connectivity index (χ1v) is 5.12. The van der Waals surface area contributed by atoms with Gasteiger partial charge in [0.05, 0.1) is 19.8 Å². The third kappa shape index (κ3) is 9.48. The molecule has 0 heterocycles. The number of carbonyl (C=O) groups excluding carboxylic acids is 1. The van der Waals surface area contributed by atoms with Crippen LogP contribution in [0.2, 0.25) is 0 Å². The highest BCUT2D eigenvalue weighted by Gasteiger charge is 2.01. The van der Waals surface area contributed by atoms with Crippen LogP contribution in [-0.2, 0) is 9.53 Å². The molecule has 0 bridgehead atoms. The Morgan fingerprint density at radius 1 is 1.43 bits per heavy atom. The lowest BCUT2D eigenvalue weighted by atomic mass is 10.1. The summed E-state index contributed by atoms with van der Waals surface area (Å²) in [5.74, 6) is 0.637. The fraction of sp³-hybridized carbons (Fsp3) is 0.900. The third-order valence-corrected chi connectivity index (χ3v) is 1.75. The van der Waals surface area contributed by atoms with Gasteiger partial charge in [0, 0.05) is 13.0 Å². The second-order valence-electron chi connectivity index (χ2n) is 3.62. The highest BCUT2D eigenvalue weighted by molar-refractivity contribution is 5.75. The Balaban J connectivity index is 3.18. The van der Waals surface area contributed by atoms with Crippen LogP contribution in [0, 0.1) is 5.92 Å². The topological polar surface area (TPSA) is 58.6 Å². The van der Waals surface area contributed by atoms with Crippen molar-refractivity contribution in [3.8, 4) is 0 Å². The Labute approximate surface area is 85.6 Å². The highest BCUT2D eigenvalue weighted by atomic mass is 16.5. The first-order valence-electron chi connectivity index (χ1n) is 5.12. The van der Waals surface area contributed by atoms with Gasteiger partial charge < -0.3 is 15.2 Å². The van der Waals surface area contributed by atoms with Crippen LogP contribution < -0.4 is 5.32 Å². The van der Waals surface area contributed by atoms with Gasteiger partial charge in [0.2, 0.25) is 5.91 Å². The summed E-state index contributed by atoms with van der Waals surface area (Å²) in [7, 11) is 0. The van der Waals surface area contributed by atoms with Crippen LogP contribution in [0.4, 0.5) is 0 Å². The van der Waals surface area contributed by atoms with Crippen molar-refractivity contribution in [3.05, 3.63) is 0 Å². The number of hydrogen-bond donors (Lipinski definition) is 2. The highest BCUT2D eigenvalue weighted by Crippen LogP contribution is 2.02. The predicted molar refractivity (Wildman–Crippen MR) is 55.0 cm³/mol. The maximum absolute atomic E-state index is 11.2. The minimum atomic E-state index is 0.0291. The van der Waals surface area contributed by atoms with Gasteiger partial charge in [-0.2, -0.15) is 0 Å². The summed E-state index contributed by atoms with van der Waals surface area (Å²) >= 11 is 0. The van der Waals surface area contributed by atoms with Gasteiger partial charge >= 0.3 is 0 Å². The molecule has 4 heteroatoms. The van der Waals surface area contributed by atoms with Gasteiger partial charge in [-0.15, -0.1) is 0 Å². The van der Waals surface area contributed by atoms with Crippen LogP contribution in [-0.4, -0.2) is 37.4 Å². The van der Waals surface area contributed by atoms with Crippen molar-refractivity contribution in [1.82, 2.24) is 5.32 Å². The van der Waals surface area contributed by atoms with Crippen LogP contribution in [0.5, 0.6) is 0 Å².